The number of thioether (sulfide) groups is 1. The first-order valence-corrected chi connectivity index (χ1v) is 12.0. The predicted octanol–water partition coefficient (Wildman–Crippen LogP) is 5.91. The summed E-state index contributed by atoms with van der Waals surface area (Å²) in [5, 5.41) is 12.3. The Morgan fingerprint density at radius 3 is 2.41 bits per heavy atom. The molecule has 0 saturated heterocycles. The monoisotopic (exact) mass is 452 g/mol. The first kappa shape index (κ1) is 23.9. The molecule has 0 saturated carbocycles. The summed E-state index contributed by atoms with van der Waals surface area (Å²) in [4.78, 5) is 12.4. The van der Waals surface area contributed by atoms with E-state index < -0.39 is 0 Å². The SMILES string of the molecule is CCn1c(SCC(=O)Nc2ccc(C)c(C)c2)nnc1C(C)Oc1ccc(C(C)C)cc1. The quantitative estimate of drug-likeness (QED) is 0.409. The summed E-state index contributed by atoms with van der Waals surface area (Å²) in [6.07, 6.45) is -0.258. The molecule has 0 aliphatic rings. The number of benzene rings is 2. The Kier molecular flexibility index (Phi) is 7.96. The lowest BCUT2D eigenvalue weighted by Gasteiger charge is -2.16. The third-order valence-corrected chi connectivity index (χ3v) is 6.37. The first-order chi connectivity index (χ1) is 15.3. The summed E-state index contributed by atoms with van der Waals surface area (Å²) in [5.41, 5.74) is 4.44. The van der Waals surface area contributed by atoms with Crippen LogP contribution in [0.5, 0.6) is 5.75 Å². The van der Waals surface area contributed by atoms with Crippen LogP contribution in [0.4, 0.5) is 5.69 Å². The number of ether oxygens (including phenoxy) is 1. The number of nitrogens with zero attached hydrogens (tertiary/aromatic N) is 3. The summed E-state index contributed by atoms with van der Waals surface area (Å²) >= 11 is 1.38. The van der Waals surface area contributed by atoms with Crippen molar-refractivity contribution in [2.75, 3.05) is 11.1 Å². The van der Waals surface area contributed by atoms with Gasteiger partial charge in [-0.2, -0.15) is 0 Å². The van der Waals surface area contributed by atoms with Gasteiger partial charge in [-0.15, -0.1) is 10.2 Å². The van der Waals surface area contributed by atoms with Gasteiger partial charge < -0.3 is 14.6 Å². The van der Waals surface area contributed by atoms with Gasteiger partial charge in [0, 0.05) is 12.2 Å². The lowest BCUT2D eigenvalue weighted by Crippen LogP contribution is -2.15. The van der Waals surface area contributed by atoms with Crippen molar-refractivity contribution in [3.8, 4) is 5.75 Å². The van der Waals surface area contributed by atoms with Crippen molar-refractivity contribution in [1.82, 2.24) is 14.8 Å². The number of rotatable bonds is 9. The zero-order valence-electron chi connectivity index (χ0n) is 19.7. The van der Waals surface area contributed by atoms with Gasteiger partial charge in [0.25, 0.3) is 0 Å². The smallest absolute Gasteiger partial charge is 0.234 e. The maximum Gasteiger partial charge on any atom is 0.234 e. The van der Waals surface area contributed by atoms with E-state index in [0.717, 1.165) is 22.8 Å². The molecule has 0 spiro atoms. The van der Waals surface area contributed by atoms with Crippen LogP contribution in [0.1, 0.15) is 62.2 Å². The van der Waals surface area contributed by atoms with E-state index in [1.54, 1.807) is 0 Å². The molecular weight excluding hydrogens is 420 g/mol. The highest BCUT2D eigenvalue weighted by molar-refractivity contribution is 7.99. The molecule has 1 atom stereocenters. The van der Waals surface area contributed by atoms with Crippen molar-refractivity contribution in [1.29, 1.82) is 0 Å². The number of anilines is 1. The molecule has 0 fully saturated rings. The minimum Gasteiger partial charge on any atom is -0.483 e. The molecule has 1 aromatic heterocycles. The first-order valence-electron chi connectivity index (χ1n) is 11.0. The molecule has 0 radical (unpaired) electrons. The maximum atomic E-state index is 12.4. The summed E-state index contributed by atoms with van der Waals surface area (Å²) < 4.78 is 8.11. The van der Waals surface area contributed by atoms with Gasteiger partial charge in [0.05, 0.1) is 5.75 Å². The lowest BCUT2D eigenvalue weighted by atomic mass is 10.0. The Morgan fingerprint density at radius 1 is 1.06 bits per heavy atom. The number of hydrogen-bond donors (Lipinski definition) is 1. The van der Waals surface area contributed by atoms with Gasteiger partial charge in [0.15, 0.2) is 17.1 Å². The highest BCUT2D eigenvalue weighted by Gasteiger charge is 2.19. The van der Waals surface area contributed by atoms with Crippen molar-refractivity contribution in [2.45, 2.75) is 65.3 Å². The van der Waals surface area contributed by atoms with Crippen LogP contribution in [0.25, 0.3) is 0 Å². The molecule has 0 bridgehead atoms. The third kappa shape index (κ3) is 5.91. The van der Waals surface area contributed by atoms with Crippen LogP contribution >= 0.6 is 11.8 Å². The van der Waals surface area contributed by atoms with Gasteiger partial charge >= 0.3 is 0 Å². The molecule has 3 rings (SSSR count). The average Bonchev–Trinajstić information content (AvgIpc) is 3.18. The van der Waals surface area contributed by atoms with Crippen LogP contribution < -0.4 is 10.1 Å². The van der Waals surface area contributed by atoms with Crippen molar-refractivity contribution in [3.63, 3.8) is 0 Å². The van der Waals surface area contributed by atoms with Crippen LogP contribution in [-0.4, -0.2) is 26.4 Å². The lowest BCUT2D eigenvalue weighted by molar-refractivity contribution is -0.113. The second-order valence-corrected chi connectivity index (χ2v) is 9.15. The van der Waals surface area contributed by atoms with E-state index in [1.807, 2.05) is 55.7 Å². The minimum absolute atomic E-state index is 0.0694. The number of aryl methyl sites for hydroxylation is 2. The van der Waals surface area contributed by atoms with Gasteiger partial charge in [0.1, 0.15) is 5.75 Å². The highest BCUT2D eigenvalue weighted by atomic mass is 32.2. The molecule has 2 aromatic carbocycles. The zero-order valence-corrected chi connectivity index (χ0v) is 20.5. The normalized spacial score (nSPS) is 12.1. The Hall–Kier alpha value is -2.80. The molecule has 1 N–H and O–H groups in total. The summed E-state index contributed by atoms with van der Waals surface area (Å²) in [6.45, 7) is 13.1. The third-order valence-electron chi connectivity index (χ3n) is 5.41. The van der Waals surface area contributed by atoms with Crippen LogP contribution in [0.2, 0.25) is 0 Å². The molecule has 32 heavy (non-hydrogen) atoms. The van der Waals surface area contributed by atoms with Crippen LogP contribution in [0.3, 0.4) is 0 Å². The number of nitrogens with one attached hydrogen (secondary N) is 1. The minimum atomic E-state index is -0.258. The molecule has 6 nitrogen and oxygen atoms in total. The molecule has 1 unspecified atom stereocenters. The second kappa shape index (κ2) is 10.7. The largest absolute Gasteiger partial charge is 0.483 e. The number of aromatic nitrogens is 3. The molecule has 0 aliphatic carbocycles. The van der Waals surface area contributed by atoms with E-state index in [4.69, 9.17) is 4.74 Å². The molecule has 1 heterocycles. The van der Waals surface area contributed by atoms with E-state index in [1.165, 1.54) is 22.9 Å². The summed E-state index contributed by atoms with van der Waals surface area (Å²) in [7, 11) is 0. The number of carbonyl (C=O) groups is 1. The summed E-state index contributed by atoms with van der Waals surface area (Å²) in [5.74, 6) is 2.22. The Balaban J connectivity index is 1.62. The molecule has 0 aliphatic heterocycles. The summed E-state index contributed by atoms with van der Waals surface area (Å²) in [6, 6.07) is 14.1. The van der Waals surface area contributed by atoms with E-state index >= 15 is 0 Å². The van der Waals surface area contributed by atoms with E-state index in [9.17, 15) is 4.79 Å². The van der Waals surface area contributed by atoms with Crippen molar-refractivity contribution in [3.05, 3.63) is 65.0 Å². The van der Waals surface area contributed by atoms with Crippen LogP contribution in [0, 0.1) is 13.8 Å². The second-order valence-electron chi connectivity index (χ2n) is 8.20. The highest BCUT2D eigenvalue weighted by Crippen LogP contribution is 2.26. The van der Waals surface area contributed by atoms with Gasteiger partial charge in [-0.3, -0.25) is 4.79 Å². The van der Waals surface area contributed by atoms with E-state index in [2.05, 4.69) is 48.4 Å². The molecule has 170 valence electrons. The standard InChI is InChI=1S/C25H32N4O2S/c1-7-29-24(19(6)31-22-12-9-20(10-13-22)16(2)3)27-28-25(29)32-15-23(30)26-21-11-8-17(4)18(5)14-21/h8-14,16,19H,7,15H2,1-6H3,(H,26,30). The van der Waals surface area contributed by atoms with Gasteiger partial charge in [-0.1, -0.05) is 43.8 Å². The number of carbonyl (C=O) groups excluding carboxylic acids is 1. The fourth-order valence-electron chi connectivity index (χ4n) is 3.34. The van der Waals surface area contributed by atoms with Crippen molar-refractivity contribution in [2.24, 2.45) is 0 Å². The molecular formula is C25H32N4O2S. The molecule has 1 amide bonds. The fraction of sp³-hybridized carbons (Fsp3) is 0.400. The van der Waals surface area contributed by atoms with Gasteiger partial charge in [-0.05, 0) is 74.6 Å². The average molecular weight is 453 g/mol. The fourth-order valence-corrected chi connectivity index (χ4v) is 4.15. The Labute approximate surface area is 194 Å². The Bertz CT molecular complexity index is 1060. The zero-order chi connectivity index (χ0) is 23.3. The van der Waals surface area contributed by atoms with Crippen LogP contribution in [-0.2, 0) is 11.3 Å². The van der Waals surface area contributed by atoms with E-state index in [0.29, 0.717) is 17.6 Å². The molecule has 3 aromatic rings. The van der Waals surface area contributed by atoms with Crippen LogP contribution in [0.15, 0.2) is 47.6 Å². The topological polar surface area (TPSA) is 69.0 Å². The van der Waals surface area contributed by atoms with Crippen molar-refractivity contribution >= 4 is 23.4 Å². The predicted molar refractivity (Wildman–Crippen MR) is 131 cm³/mol. The van der Waals surface area contributed by atoms with Gasteiger partial charge in [0.2, 0.25) is 5.91 Å². The van der Waals surface area contributed by atoms with Gasteiger partial charge in [-0.25, -0.2) is 0 Å². The van der Waals surface area contributed by atoms with E-state index in [-0.39, 0.29) is 17.8 Å². The maximum absolute atomic E-state index is 12.4. The van der Waals surface area contributed by atoms with Crippen molar-refractivity contribution < 1.29 is 9.53 Å². The molecule has 7 heteroatoms. The number of amides is 1. The number of hydrogen-bond acceptors (Lipinski definition) is 5. The Morgan fingerprint density at radius 2 is 1.78 bits per heavy atom.